The van der Waals surface area contributed by atoms with Gasteiger partial charge in [-0.1, -0.05) is 0 Å². The van der Waals surface area contributed by atoms with Crippen molar-refractivity contribution in [2.45, 2.75) is 12.8 Å². The molecule has 4 aromatic rings. The van der Waals surface area contributed by atoms with E-state index in [0.29, 0.717) is 52.4 Å². The lowest BCUT2D eigenvalue weighted by Crippen LogP contribution is -2.35. The largest absolute Gasteiger partial charge is 0.496 e. The monoisotopic (exact) mass is 529 g/mol. The van der Waals surface area contributed by atoms with Gasteiger partial charge in [-0.25, -0.2) is 9.18 Å². The molecule has 1 aromatic heterocycles. The highest BCUT2D eigenvalue weighted by molar-refractivity contribution is 6.16. The minimum atomic E-state index is -1.17. The summed E-state index contributed by atoms with van der Waals surface area (Å²) in [4.78, 5) is 42.3. The van der Waals surface area contributed by atoms with Gasteiger partial charge in [-0.05, 0) is 73.5 Å². The van der Waals surface area contributed by atoms with Crippen molar-refractivity contribution in [3.8, 4) is 17.2 Å². The van der Waals surface area contributed by atoms with Crippen molar-refractivity contribution in [1.29, 1.82) is 0 Å². The molecule has 5 rings (SSSR count). The molecule has 9 nitrogen and oxygen atoms in total. The predicted molar refractivity (Wildman–Crippen MR) is 141 cm³/mol. The Kier molecular flexibility index (Phi) is 6.84. The number of carbonyl (C=O) groups is 3. The number of esters is 1. The van der Waals surface area contributed by atoms with Crippen LogP contribution < -0.4 is 20.1 Å². The Morgan fingerprint density at radius 3 is 2.03 bits per heavy atom. The first-order valence-corrected chi connectivity index (χ1v) is 12.0. The highest BCUT2D eigenvalue weighted by Gasteiger charge is 2.56. The minimum absolute atomic E-state index is 0.237. The van der Waals surface area contributed by atoms with E-state index in [4.69, 9.17) is 14.2 Å². The van der Waals surface area contributed by atoms with E-state index in [9.17, 15) is 18.8 Å². The molecule has 1 saturated carbocycles. The quantitative estimate of drug-likeness (QED) is 0.234. The normalized spacial score (nSPS) is 13.3. The van der Waals surface area contributed by atoms with Gasteiger partial charge in [0, 0.05) is 29.0 Å². The number of nitrogens with one attached hydrogen (secondary N) is 2. The lowest BCUT2D eigenvalue weighted by Gasteiger charge is -2.16. The number of hydrogen-bond acceptors (Lipinski definition) is 7. The van der Waals surface area contributed by atoms with Crippen molar-refractivity contribution in [3.05, 3.63) is 84.3 Å². The molecule has 0 saturated heterocycles. The molecule has 0 radical (unpaired) electrons. The number of anilines is 2. The molecule has 0 spiro atoms. The van der Waals surface area contributed by atoms with Crippen molar-refractivity contribution in [2.75, 3.05) is 24.9 Å². The van der Waals surface area contributed by atoms with Gasteiger partial charge in [0.25, 0.3) is 0 Å². The Morgan fingerprint density at radius 2 is 1.46 bits per heavy atom. The van der Waals surface area contributed by atoms with E-state index >= 15 is 0 Å². The number of nitrogens with zero attached hydrogens (tertiary/aromatic N) is 1. The second-order valence-corrected chi connectivity index (χ2v) is 8.99. The van der Waals surface area contributed by atoms with Crippen LogP contribution in [0.1, 0.15) is 23.2 Å². The standard InChI is InChI=1S/C29H24FN3O6/c1-37-25-16-23-21(15-22(25)26(34)38-2)24(11-14-31-23)39-20-9-7-19(8-10-20)33-28(36)29(12-13-29)27(35)32-18-5-3-17(30)4-6-18/h3-11,14-16H,12-13H2,1-2H3,(H,32,35)(H,33,36). The summed E-state index contributed by atoms with van der Waals surface area (Å²) in [6.07, 6.45) is 2.41. The lowest BCUT2D eigenvalue weighted by atomic mass is 10.0. The van der Waals surface area contributed by atoms with Gasteiger partial charge in [-0.15, -0.1) is 0 Å². The Labute approximate surface area is 222 Å². The van der Waals surface area contributed by atoms with Crippen molar-refractivity contribution < 1.29 is 33.0 Å². The first kappa shape index (κ1) is 25.7. The number of halogens is 1. The van der Waals surface area contributed by atoms with E-state index in [1.165, 1.54) is 38.5 Å². The Morgan fingerprint density at radius 1 is 0.846 bits per heavy atom. The molecule has 0 bridgehead atoms. The highest BCUT2D eigenvalue weighted by Crippen LogP contribution is 2.47. The van der Waals surface area contributed by atoms with Crippen molar-refractivity contribution in [2.24, 2.45) is 5.41 Å². The Bertz CT molecular complexity index is 1570. The number of benzene rings is 3. The van der Waals surface area contributed by atoms with Crippen molar-refractivity contribution in [1.82, 2.24) is 4.98 Å². The average Bonchev–Trinajstić information content (AvgIpc) is 3.77. The van der Waals surface area contributed by atoms with Crippen LogP contribution in [-0.2, 0) is 14.3 Å². The van der Waals surface area contributed by atoms with Gasteiger partial charge in [-0.2, -0.15) is 0 Å². The summed E-state index contributed by atoms with van der Waals surface area (Å²) in [5.74, 6) is -0.547. The number of aromatic nitrogens is 1. The van der Waals surface area contributed by atoms with Crippen LogP contribution >= 0.6 is 0 Å². The molecular formula is C29H24FN3O6. The molecule has 198 valence electrons. The highest BCUT2D eigenvalue weighted by atomic mass is 19.1. The SMILES string of the molecule is COC(=O)c1cc2c(Oc3ccc(NC(=O)C4(C(=O)Nc5ccc(F)cc5)CC4)cc3)ccnc2cc1OC. The molecule has 1 fully saturated rings. The van der Waals surface area contributed by atoms with Crippen LogP contribution in [0.5, 0.6) is 17.2 Å². The number of amides is 2. The number of rotatable bonds is 8. The van der Waals surface area contributed by atoms with E-state index in [1.54, 1.807) is 48.7 Å². The summed E-state index contributed by atoms with van der Waals surface area (Å²) in [6, 6.07) is 16.9. The molecule has 1 aliphatic carbocycles. The smallest absolute Gasteiger partial charge is 0.341 e. The average molecular weight is 530 g/mol. The zero-order valence-electron chi connectivity index (χ0n) is 21.1. The van der Waals surface area contributed by atoms with Gasteiger partial charge in [0.15, 0.2) is 0 Å². The summed E-state index contributed by atoms with van der Waals surface area (Å²) >= 11 is 0. The van der Waals surface area contributed by atoms with Crippen molar-refractivity contribution in [3.63, 3.8) is 0 Å². The fourth-order valence-corrected chi connectivity index (χ4v) is 4.13. The van der Waals surface area contributed by atoms with E-state index < -0.39 is 29.0 Å². The third-order valence-electron chi connectivity index (χ3n) is 6.49. The fourth-order valence-electron chi connectivity index (χ4n) is 4.13. The van der Waals surface area contributed by atoms with E-state index in [2.05, 4.69) is 15.6 Å². The van der Waals surface area contributed by atoms with Gasteiger partial charge in [0.1, 0.15) is 34.0 Å². The van der Waals surface area contributed by atoms with Crippen LogP contribution in [0.15, 0.2) is 72.9 Å². The maximum Gasteiger partial charge on any atom is 0.341 e. The van der Waals surface area contributed by atoms with E-state index in [1.807, 2.05) is 0 Å². The van der Waals surface area contributed by atoms with Crippen LogP contribution in [0.3, 0.4) is 0 Å². The second kappa shape index (κ2) is 10.4. The summed E-state index contributed by atoms with van der Waals surface area (Å²) in [5, 5.41) is 6.05. The number of methoxy groups -OCH3 is 2. The van der Waals surface area contributed by atoms with E-state index in [0.717, 1.165) is 0 Å². The second-order valence-electron chi connectivity index (χ2n) is 8.99. The van der Waals surface area contributed by atoms with Gasteiger partial charge in [-0.3, -0.25) is 14.6 Å². The maximum atomic E-state index is 13.1. The molecular weight excluding hydrogens is 505 g/mol. The number of carbonyl (C=O) groups excluding carboxylic acids is 3. The molecule has 2 N–H and O–H groups in total. The Balaban J connectivity index is 1.29. The lowest BCUT2D eigenvalue weighted by molar-refractivity contribution is -0.131. The number of ether oxygens (including phenoxy) is 3. The predicted octanol–water partition coefficient (Wildman–Crippen LogP) is 5.32. The third kappa shape index (κ3) is 5.22. The number of fused-ring (bicyclic) bond motifs is 1. The van der Waals surface area contributed by atoms with E-state index in [-0.39, 0.29) is 5.56 Å². The summed E-state index contributed by atoms with van der Waals surface area (Å²) in [6.45, 7) is 0. The topological polar surface area (TPSA) is 116 Å². The van der Waals surface area contributed by atoms with Crippen LogP contribution in [0, 0.1) is 11.2 Å². The maximum absolute atomic E-state index is 13.1. The van der Waals surface area contributed by atoms with Crippen LogP contribution in [0.4, 0.5) is 15.8 Å². The molecule has 0 unspecified atom stereocenters. The molecule has 1 aliphatic rings. The van der Waals surface area contributed by atoms with Gasteiger partial charge in [0.2, 0.25) is 11.8 Å². The number of pyridine rings is 1. The van der Waals surface area contributed by atoms with Crippen molar-refractivity contribution >= 4 is 40.1 Å². The zero-order chi connectivity index (χ0) is 27.6. The van der Waals surface area contributed by atoms with Gasteiger partial charge >= 0.3 is 5.97 Å². The molecule has 39 heavy (non-hydrogen) atoms. The third-order valence-corrected chi connectivity index (χ3v) is 6.49. The summed E-state index contributed by atoms with van der Waals surface area (Å²) in [5.41, 5.74) is 0.543. The molecule has 0 aliphatic heterocycles. The van der Waals surface area contributed by atoms with Gasteiger partial charge in [0.05, 0.1) is 19.7 Å². The van der Waals surface area contributed by atoms with Crippen LogP contribution in [-0.4, -0.2) is 37.0 Å². The minimum Gasteiger partial charge on any atom is -0.496 e. The summed E-state index contributed by atoms with van der Waals surface area (Å²) < 4.78 is 29.3. The zero-order valence-corrected chi connectivity index (χ0v) is 21.1. The molecule has 1 heterocycles. The first-order chi connectivity index (χ1) is 18.8. The molecule has 2 amide bonds. The number of hydrogen-bond donors (Lipinski definition) is 2. The Hall–Kier alpha value is -4.99. The first-order valence-electron chi connectivity index (χ1n) is 12.0. The van der Waals surface area contributed by atoms with Crippen LogP contribution in [0.25, 0.3) is 10.9 Å². The van der Waals surface area contributed by atoms with Crippen LogP contribution in [0.2, 0.25) is 0 Å². The molecule has 3 aromatic carbocycles. The molecule has 0 atom stereocenters. The molecule has 10 heteroatoms. The fraction of sp³-hybridized carbons (Fsp3) is 0.172. The van der Waals surface area contributed by atoms with Gasteiger partial charge < -0.3 is 24.8 Å². The summed E-state index contributed by atoms with van der Waals surface area (Å²) in [7, 11) is 2.74.